The van der Waals surface area contributed by atoms with Gasteiger partial charge in [0, 0.05) is 4.47 Å². The number of halogens is 3. The summed E-state index contributed by atoms with van der Waals surface area (Å²) in [5, 5.41) is 9.87. The fourth-order valence-electron chi connectivity index (χ4n) is 1.49. The molecule has 0 saturated carbocycles. The van der Waals surface area contributed by atoms with Crippen LogP contribution in [0.2, 0.25) is 10.0 Å². The predicted octanol–water partition coefficient (Wildman–Crippen LogP) is 4.26. The van der Waals surface area contributed by atoms with Crippen molar-refractivity contribution in [3.8, 4) is 5.75 Å². The van der Waals surface area contributed by atoms with Gasteiger partial charge in [0.1, 0.15) is 10.6 Å². The van der Waals surface area contributed by atoms with E-state index < -0.39 is 10.0 Å². The molecule has 0 fully saturated rings. The lowest BCUT2D eigenvalue weighted by molar-refractivity contribution is 0.459. The Morgan fingerprint density at radius 3 is 2.35 bits per heavy atom. The quantitative estimate of drug-likeness (QED) is 0.761. The smallest absolute Gasteiger partial charge is 0.265 e. The molecule has 0 unspecified atom stereocenters. The summed E-state index contributed by atoms with van der Waals surface area (Å²) in [7, 11) is -3.95. The summed E-state index contributed by atoms with van der Waals surface area (Å²) in [6, 6.07) is 8.63. The maximum Gasteiger partial charge on any atom is 0.265 e. The van der Waals surface area contributed by atoms with Crippen molar-refractivity contribution in [2.45, 2.75) is 4.90 Å². The fraction of sp³-hybridized carbons (Fsp3) is 0. The van der Waals surface area contributed by atoms with Crippen molar-refractivity contribution in [3.05, 3.63) is 50.9 Å². The lowest BCUT2D eigenvalue weighted by atomic mass is 10.3. The summed E-state index contributed by atoms with van der Waals surface area (Å²) in [5.74, 6) is -0.348. The van der Waals surface area contributed by atoms with E-state index in [9.17, 15) is 13.5 Å². The van der Waals surface area contributed by atoms with Crippen molar-refractivity contribution in [3.63, 3.8) is 0 Å². The first-order valence-corrected chi connectivity index (χ1v) is 8.30. The number of aromatic hydroxyl groups is 1. The molecular formula is C12H8BrCl2NO3S. The molecule has 0 atom stereocenters. The van der Waals surface area contributed by atoms with E-state index in [-0.39, 0.29) is 26.4 Å². The van der Waals surface area contributed by atoms with E-state index in [0.29, 0.717) is 4.47 Å². The number of benzene rings is 2. The van der Waals surface area contributed by atoms with Crippen molar-refractivity contribution in [2.24, 2.45) is 0 Å². The Morgan fingerprint density at radius 2 is 1.70 bits per heavy atom. The van der Waals surface area contributed by atoms with Crippen LogP contribution >= 0.6 is 39.1 Å². The molecule has 4 nitrogen and oxygen atoms in total. The van der Waals surface area contributed by atoms with E-state index in [0.717, 1.165) is 0 Å². The van der Waals surface area contributed by atoms with Gasteiger partial charge < -0.3 is 5.11 Å². The summed E-state index contributed by atoms with van der Waals surface area (Å²) in [6.07, 6.45) is 0. The third-order valence-electron chi connectivity index (χ3n) is 2.43. The Bertz CT molecular complexity index is 765. The van der Waals surface area contributed by atoms with Crippen molar-refractivity contribution in [2.75, 3.05) is 4.72 Å². The normalized spacial score (nSPS) is 11.3. The second kappa shape index (κ2) is 5.81. The number of hydrogen-bond donors (Lipinski definition) is 2. The first-order valence-electron chi connectivity index (χ1n) is 5.27. The number of phenols is 1. The average molecular weight is 397 g/mol. The van der Waals surface area contributed by atoms with E-state index in [4.69, 9.17) is 23.2 Å². The molecule has 0 heterocycles. The molecule has 0 aliphatic carbocycles. The van der Waals surface area contributed by atoms with Crippen LogP contribution in [0.15, 0.2) is 45.8 Å². The van der Waals surface area contributed by atoms with Crippen LogP contribution in [0.4, 0.5) is 5.69 Å². The number of nitrogens with one attached hydrogen (secondary N) is 1. The van der Waals surface area contributed by atoms with Crippen LogP contribution in [0.3, 0.4) is 0 Å². The zero-order chi connectivity index (χ0) is 14.9. The van der Waals surface area contributed by atoms with Crippen LogP contribution in [-0.4, -0.2) is 13.5 Å². The van der Waals surface area contributed by atoms with Gasteiger partial charge in [0.05, 0.1) is 15.7 Å². The third kappa shape index (κ3) is 3.03. The van der Waals surface area contributed by atoms with Gasteiger partial charge in [-0.25, -0.2) is 8.42 Å². The Labute approximate surface area is 134 Å². The van der Waals surface area contributed by atoms with E-state index in [2.05, 4.69) is 20.7 Å². The number of para-hydroxylation sites is 1. The lowest BCUT2D eigenvalue weighted by Crippen LogP contribution is -2.13. The molecule has 106 valence electrons. The maximum absolute atomic E-state index is 12.2. The first kappa shape index (κ1) is 15.4. The second-order valence-electron chi connectivity index (χ2n) is 3.80. The zero-order valence-electron chi connectivity index (χ0n) is 9.77. The fourth-order valence-corrected chi connectivity index (χ4v) is 3.54. The molecule has 0 saturated heterocycles. The third-order valence-corrected chi connectivity index (χ3v) is 5.62. The topological polar surface area (TPSA) is 66.4 Å². The number of anilines is 1. The van der Waals surface area contributed by atoms with Crippen LogP contribution in [-0.2, 0) is 10.0 Å². The Kier molecular flexibility index (Phi) is 4.49. The van der Waals surface area contributed by atoms with Crippen molar-refractivity contribution >= 4 is 54.8 Å². The van der Waals surface area contributed by atoms with Crippen molar-refractivity contribution in [1.82, 2.24) is 0 Å². The van der Waals surface area contributed by atoms with Crippen LogP contribution in [0.1, 0.15) is 0 Å². The van der Waals surface area contributed by atoms with Crippen molar-refractivity contribution in [1.29, 1.82) is 0 Å². The monoisotopic (exact) mass is 395 g/mol. The minimum Gasteiger partial charge on any atom is -0.507 e. The van der Waals surface area contributed by atoms with E-state index in [1.807, 2.05) is 0 Å². The van der Waals surface area contributed by atoms with Gasteiger partial charge in [-0.15, -0.1) is 0 Å². The maximum atomic E-state index is 12.2. The van der Waals surface area contributed by atoms with Gasteiger partial charge in [0.15, 0.2) is 0 Å². The first-order chi connectivity index (χ1) is 9.33. The molecule has 0 spiro atoms. The summed E-state index contributed by atoms with van der Waals surface area (Å²) in [6.45, 7) is 0. The summed E-state index contributed by atoms with van der Waals surface area (Å²) in [5.41, 5.74) is 0.128. The van der Waals surface area contributed by atoms with Crippen LogP contribution < -0.4 is 4.72 Å². The van der Waals surface area contributed by atoms with Gasteiger partial charge in [-0.05, 0) is 40.2 Å². The molecule has 2 aromatic carbocycles. The second-order valence-corrected chi connectivity index (χ2v) is 7.06. The summed E-state index contributed by atoms with van der Waals surface area (Å²) in [4.78, 5) is -0.241. The average Bonchev–Trinajstić information content (AvgIpc) is 2.40. The van der Waals surface area contributed by atoms with E-state index >= 15 is 0 Å². The molecule has 2 N–H and O–H groups in total. The largest absolute Gasteiger partial charge is 0.507 e. The summed E-state index contributed by atoms with van der Waals surface area (Å²) < 4.78 is 27.2. The van der Waals surface area contributed by atoms with Gasteiger partial charge >= 0.3 is 0 Å². The van der Waals surface area contributed by atoms with Gasteiger partial charge in [0.2, 0.25) is 0 Å². The van der Waals surface area contributed by atoms with Crippen LogP contribution in [0.5, 0.6) is 5.75 Å². The van der Waals surface area contributed by atoms with Gasteiger partial charge in [-0.3, -0.25) is 4.72 Å². The van der Waals surface area contributed by atoms with Crippen molar-refractivity contribution < 1.29 is 13.5 Å². The number of rotatable bonds is 3. The molecule has 0 bridgehead atoms. The minimum atomic E-state index is -3.95. The highest BCUT2D eigenvalue weighted by molar-refractivity contribution is 9.10. The SMILES string of the molecule is O=S(=O)(Nc1ccc(Br)c(Cl)c1Cl)c1ccccc1O. The highest BCUT2D eigenvalue weighted by Crippen LogP contribution is 2.37. The molecule has 0 aromatic heterocycles. The Balaban J connectivity index is 2.45. The lowest BCUT2D eigenvalue weighted by Gasteiger charge is -2.12. The summed E-state index contributed by atoms with van der Waals surface area (Å²) >= 11 is 15.1. The highest BCUT2D eigenvalue weighted by atomic mass is 79.9. The Morgan fingerprint density at radius 1 is 1.05 bits per heavy atom. The molecular weight excluding hydrogens is 389 g/mol. The molecule has 0 amide bonds. The van der Waals surface area contributed by atoms with Gasteiger partial charge in [-0.1, -0.05) is 35.3 Å². The van der Waals surface area contributed by atoms with E-state index in [1.165, 1.54) is 30.3 Å². The minimum absolute atomic E-state index is 0.0695. The molecule has 0 aliphatic rings. The predicted molar refractivity (Wildman–Crippen MR) is 83.1 cm³/mol. The number of hydrogen-bond acceptors (Lipinski definition) is 3. The molecule has 2 rings (SSSR count). The van der Waals surface area contributed by atoms with E-state index in [1.54, 1.807) is 6.07 Å². The molecule has 0 aliphatic heterocycles. The van der Waals surface area contributed by atoms with Gasteiger partial charge in [-0.2, -0.15) is 0 Å². The molecule has 2 aromatic rings. The van der Waals surface area contributed by atoms with Gasteiger partial charge in [0.25, 0.3) is 10.0 Å². The number of sulfonamides is 1. The standard InChI is InChI=1S/C12H8BrCl2NO3S/c13-7-5-6-8(12(15)11(7)14)16-20(18,19)10-4-2-1-3-9(10)17/h1-6,16-17H. The Hall–Kier alpha value is -0.950. The van der Waals surface area contributed by atoms with Crippen LogP contribution in [0, 0.1) is 0 Å². The molecule has 8 heteroatoms. The molecule has 0 radical (unpaired) electrons. The highest BCUT2D eigenvalue weighted by Gasteiger charge is 2.20. The number of phenolic OH excluding ortho intramolecular Hbond substituents is 1. The molecule has 20 heavy (non-hydrogen) atoms. The zero-order valence-corrected chi connectivity index (χ0v) is 13.7. The van der Waals surface area contributed by atoms with Crippen LogP contribution in [0.25, 0.3) is 0 Å².